The summed E-state index contributed by atoms with van der Waals surface area (Å²) in [5.74, 6) is 0.242. The van der Waals surface area contributed by atoms with E-state index in [1.165, 1.54) is 0 Å². The molecule has 0 saturated heterocycles. The predicted octanol–water partition coefficient (Wildman–Crippen LogP) is 2.67. The van der Waals surface area contributed by atoms with E-state index in [-0.39, 0.29) is 5.75 Å². The zero-order chi connectivity index (χ0) is 11.5. The third-order valence-corrected chi connectivity index (χ3v) is 5.93. The molecule has 0 aliphatic heterocycles. The lowest BCUT2D eigenvalue weighted by Crippen LogP contribution is -2.23. The lowest BCUT2D eigenvalue weighted by Gasteiger charge is -2.14. The summed E-state index contributed by atoms with van der Waals surface area (Å²) < 4.78 is 27.3. The Labute approximate surface area is 94.1 Å². The van der Waals surface area contributed by atoms with E-state index in [2.05, 4.69) is 24.0 Å². The van der Waals surface area contributed by atoms with Crippen molar-refractivity contribution in [3.05, 3.63) is 0 Å². The minimum atomic E-state index is -3.18. The summed E-state index contributed by atoms with van der Waals surface area (Å²) in [6, 6.07) is 0.812. The first-order valence-electron chi connectivity index (χ1n) is 5.59. The van der Waals surface area contributed by atoms with Crippen LogP contribution in [0.4, 0.5) is 0 Å². The topological polar surface area (TPSA) is 46.5 Å². The molecule has 1 fully saturated rings. The van der Waals surface area contributed by atoms with Crippen LogP contribution in [0.2, 0.25) is 25.7 Å². The maximum absolute atomic E-state index is 11.7. The summed E-state index contributed by atoms with van der Waals surface area (Å²) in [6.07, 6.45) is 3.96. The third-order valence-electron chi connectivity index (χ3n) is 2.56. The normalized spacial score (nSPS) is 18.2. The Balaban J connectivity index is 2.56. The van der Waals surface area contributed by atoms with Crippen LogP contribution in [0.15, 0.2) is 4.40 Å². The van der Waals surface area contributed by atoms with Crippen molar-refractivity contribution in [3.8, 4) is 0 Å². The number of nitrogens with zero attached hydrogens (tertiary/aromatic N) is 1. The minimum Gasteiger partial charge on any atom is -0.205 e. The largest absolute Gasteiger partial charge is 0.252 e. The first-order valence-corrected chi connectivity index (χ1v) is 10.9. The Morgan fingerprint density at radius 1 is 1.20 bits per heavy atom. The molecule has 5 heteroatoms. The molecule has 0 spiro atoms. The molecule has 3 nitrogen and oxygen atoms in total. The average molecular weight is 247 g/mol. The van der Waals surface area contributed by atoms with Crippen molar-refractivity contribution in [1.29, 1.82) is 0 Å². The van der Waals surface area contributed by atoms with Crippen molar-refractivity contribution in [2.75, 3.05) is 5.75 Å². The van der Waals surface area contributed by atoms with Crippen molar-refractivity contribution in [3.63, 3.8) is 0 Å². The van der Waals surface area contributed by atoms with Gasteiger partial charge in [0.05, 0.1) is 5.75 Å². The Kier molecular flexibility index (Phi) is 4.11. The first-order chi connectivity index (χ1) is 6.79. The first kappa shape index (κ1) is 12.9. The van der Waals surface area contributed by atoms with E-state index in [9.17, 15) is 8.42 Å². The van der Waals surface area contributed by atoms with Gasteiger partial charge in [0, 0.05) is 13.8 Å². The summed E-state index contributed by atoms with van der Waals surface area (Å²) in [7, 11) is -4.45. The van der Waals surface area contributed by atoms with Gasteiger partial charge in [-0.15, -0.1) is 0 Å². The fraction of sp³-hybridized carbons (Fsp3) is 0.900. The van der Waals surface area contributed by atoms with Crippen LogP contribution in [0.3, 0.4) is 0 Å². The molecule has 15 heavy (non-hydrogen) atoms. The molecule has 0 amide bonds. The molecule has 88 valence electrons. The molecule has 0 bridgehead atoms. The maximum atomic E-state index is 11.7. The molecule has 0 aromatic carbocycles. The SMILES string of the molecule is C[Si](C)(C)CCS(=O)(=O)N=C1CCCC1. The Morgan fingerprint density at radius 2 is 1.73 bits per heavy atom. The van der Waals surface area contributed by atoms with Gasteiger partial charge in [0.25, 0.3) is 10.0 Å². The van der Waals surface area contributed by atoms with Gasteiger partial charge in [-0.1, -0.05) is 19.6 Å². The van der Waals surface area contributed by atoms with E-state index in [0.29, 0.717) is 0 Å². The van der Waals surface area contributed by atoms with Gasteiger partial charge < -0.3 is 0 Å². The lowest BCUT2D eigenvalue weighted by atomic mass is 10.3. The third kappa shape index (κ3) is 5.46. The zero-order valence-electron chi connectivity index (χ0n) is 9.91. The van der Waals surface area contributed by atoms with E-state index >= 15 is 0 Å². The van der Waals surface area contributed by atoms with Crippen molar-refractivity contribution in [1.82, 2.24) is 0 Å². The summed E-state index contributed by atoms with van der Waals surface area (Å²) in [5.41, 5.74) is 0.894. The van der Waals surface area contributed by atoms with E-state index in [1.54, 1.807) is 0 Å². The number of rotatable bonds is 4. The van der Waals surface area contributed by atoms with E-state index in [0.717, 1.165) is 37.4 Å². The Morgan fingerprint density at radius 3 is 2.20 bits per heavy atom. The fourth-order valence-electron chi connectivity index (χ4n) is 1.55. The van der Waals surface area contributed by atoms with Gasteiger partial charge in [0.15, 0.2) is 0 Å². The van der Waals surface area contributed by atoms with Crippen LogP contribution >= 0.6 is 0 Å². The van der Waals surface area contributed by atoms with Crippen LogP contribution in [0.25, 0.3) is 0 Å². The Bertz CT molecular complexity index is 333. The smallest absolute Gasteiger partial charge is 0.205 e. The predicted molar refractivity (Wildman–Crippen MR) is 67.8 cm³/mol. The second-order valence-electron chi connectivity index (χ2n) is 5.46. The number of sulfonamides is 1. The highest BCUT2D eigenvalue weighted by Gasteiger charge is 2.19. The lowest BCUT2D eigenvalue weighted by molar-refractivity contribution is 0.599. The molecule has 1 aliphatic carbocycles. The monoisotopic (exact) mass is 247 g/mol. The molecule has 0 radical (unpaired) electrons. The summed E-state index contributed by atoms with van der Waals surface area (Å²) >= 11 is 0. The van der Waals surface area contributed by atoms with Gasteiger partial charge in [-0.2, -0.15) is 4.40 Å². The van der Waals surface area contributed by atoms with Gasteiger partial charge in [-0.05, 0) is 31.7 Å². The second kappa shape index (κ2) is 4.78. The Hall–Kier alpha value is -0.163. The van der Waals surface area contributed by atoms with Gasteiger partial charge in [-0.3, -0.25) is 0 Å². The standard InChI is InChI=1S/C10H21NO2SSi/c1-15(2,3)9-8-14(12,13)11-10-6-4-5-7-10/h4-9H2,1-3H3. The van der Waals surface area contributed by atoms with E-state index in [4.69, 9.17) is 0 Å². The van der Waals surface area contributed by atoms with Crippen molar-refractivity contribution < 1.29 is 8.42 Å². The van der Waals surface area contributed by atoms with Crippen molar-refractivity contribution in [2.45, 2.75) is 51.4 Å². The molecular weight excluding hydrogens is 226 g/mol. The zero-order valence-corrected chi connectivity index (χ0v) is 11.7. The summed E-state index contributed by atoms with van der Waals surface area (Å²) in [5, 5.41) is 0. The summed E-state index contributed by atoms with van der Waals surface area (Å²) in [6.45, 7) is 6.56. The van der Waals surface area contributed by atoms with E-state index < -0.39 is 18.1 Å². The molecule has 0 atom stereocenters. The highest BCUT2D eigenvalue weighted by Crippen LogP contribution is 2.17. The quantitative estimate of drug-likeness (QED) is 0.717. The number of hydrogen-bond acceptors (Lipinski definition) is 2. The molecule has 0 aromatic rings. The highest BCUT2D eigenvalue weighted by molar-refractivity contribution is 7.90. The average Bonchev–Trinajstić information content (AvgIpc) is 2.52. The second-order valence-corrected chi connectivity index (χ2v) is 12.8. The molecular formula is C10H21NO2SSi. The molecule has 0 aromatic heterocycles. The van der Waals surface area contributed by atoms with Crippen LogP contribution in [0.5, 0.6) is 0 Å². The molecule has 0 unspecified atom stereocenters. The van der Waals surface area contributed by atoms with Crippen LogP contribution in [0.1, 0.15) is 25.7 Å². The van der Waals surface area contributed by atoms with Crippen LogP contribution in [-0.2, 0) is 10.0 Å². The van der Waals surface area contributed by atoms with Crippen LogP contribution < -0.4 is 0 Å². The minimum absolute atomic E-state index is 0.242. The maximum Gasteiger partial charge on any atom is 0.252 e. The van der Waals surface area contributed by atoms with Crippen LogP contribution in [-0.4, -0.2) is 28.0 Å². The fourth-order valence-corrected chi connectivity index (χ4v) is 5.70. The molecule has 0 heterocycles. The molecule has 1 aliphatic rings. The molecule has 1 rings (SSSR count). The van der Waals surface area contributed by atoms with Crippen molar-refractivity contribution >= 4 is 23.8 Å². The summed E-state index contributed by atoms with van der Waals surface area (Å²) in [4.78, 5) is 0. The highest BCUT2D eigenvalue weighted by atomic mass is 32.2. The van der Waals surface area contributed by atoms with Gasteiger partial charge in [-0.25, -0.2) is 8.42 Å². The number of hydrogen-bond donors (Lipinski definition) is 0. The van der Waals surface area contributed by atoms with E-state index in [1.807, 2.05) is 0 Å². The molecule has 1 saturated carbocycles. The van der Waals surface area contributed by atoms with Gasteiger partial charge in [0.2, 0.25) is 0 Å². The van der Waals surface area contributed by atoms with Gasteiger partial charge in [0.1, 0.15) is 0 Å². The van der Waals surface area contributed by atoms with Crippen LogP contribution in [0, 0.1) is 0 Å². The van der Waals surface area contributed by atoms with Crippen molar-refractivity contribution in [2.24, 2.45) is 4.40 Å². The van der Waals surface area contributed by atoms with Gasteiger partial charge >= 0.3 is 0 Å². The molecule has 0 N–H and O–H groups in total.